The van der Waals surface area contributed by atoms with Gasteiger partial charge in [-0.25, -0.2) is 4.98 Å². The first-order valence-corrected chi connectivity index (χ1v) is 8.34. The van der Waals surface area contributed by atoms with Crippen LogP contribution in [0.15, 0.2) is 48.5 Å². The monoisotopic (exact) mass is 341 g/mol. The quantitative estimate of drug-likeness (QED) is 0.642. The zero-order valence-corrected chi connectivity index (χ0v) is 14.2. The summed E-state index contributed by atoms with van der Waals surface area (Å²) in [5, 5.41) is 15.1. The van der Waals surface area contributed by atoms with Crippen molar-refractivity contribution in [3.05, 3.63) is 53.6 Å². The molecule has 4 nitrogen and oxygen atoms in total. The molecule has 5 heteroatoms. The Kier molecular flexibility index (Phi) is 4.88. The van der Waals surface area contributed by atoms with Crippen LogP contribution in [0.5, 0.6) is 5.75 Å². The van der Waals surface area contributed by atoms with Crippen LogP contribution in [0.4, 0.5) is 5.69 Å². The van der Waals surface area contributed by atoms with Crippen molar-refractivity contribution >= 4 is 28.2 Å². The van der Waals surface area contributed by atoms with Gasteiger partial charge in [0.15, 0.2) is 0 Å². The Morgan fingerprint density at radius 1 is 1.21 bits per heavy atom. The number of aromatic hydroxyl groups is 1. The minimum Gasteiger partial charge on any atom is -0.507 e. The van der Waals surface area contributed by atoms with Crippen LogP contribution in [0.2, 0.25) is 5.02 Å². The zero-order chi connectivity index (χ0) is 17.1. The predicted molar refractivity (Wildman–Crippen MR) is 101 cm³/mol. The molecule has 0 fully saturated rings. The number of aromatic nitrogens is 1. The first-order chi connectivity index (χ1) is 11.6. The van der Waals surface area contributed by atoms with Gasteiger partial charge in [0, 0.05) is 34.2 Å². The van der Waals surface area contributed by atoms with Gasteiger partial charge in [0.05, 0.1) is 11.2 Å². The van der Waals surface area contributed by atoms with E-state index in [1.165, 1.54) is 0 Å². The van der Waals surface area contributed by atoms with E-state index in [4.69, 9.17) is 17.3 Å². The second-order valence-corrected chi connectivity index (χ2v) is 6.22. The van der Waals surface area contributed by atoms with Crippen LogP contribution in [-0.2, 0) is 0 Å². The number of nitrogens with one attached hydrogen (secondary N) is 1. The van der Waals surface area contributed by atoms with Crippen molar-refractivity contribution in [3.8, 4) is 17.0 Å². The minimum atomic E-state index is 0.0833. The molecule has 1 aromatic heterocycles. The summed E-state index contributed by atoms with van der Waals surface area (Å²) in [4.78, 5) is 4.67. The molecule has 0 radical (unpaired) electrons. The molecule has 0 aliphatic rings. The molecule has 24 heavy (non-hydrogen) atoms. The Balaban J connectivity index is 2.11. The summed E-state index contributed by atoms with van der Waals surface area (Å²) < 4.78 is 0. The zero-order valence-electron chi connectivity index (χ0n) is 13.5. The third-order valence-electron chi connectivity index (χ3n) is 4.03. The van der Waals surface area contributed by atoms with Gasteiger partial charge in [-0.2, -0.15) is 0 Å². The van der Waals surface area contributed by atoms with Crippen molar-refractivity contribution < 1.29 is 5.11 Å². The summed E-state index contributed by atoms with van der Waals surface area (Å²) in [7, 11) is 0. The topological polar surface area (TPSA) is 71.2 Å². The Morgan fingerprint density at radius 3 is 2.79 bits per heavy atom. The van der Waals surface area contributed by atoms with Crippen molar-refractivity contribution in [2.75, 3.05) is 11.9 Å². The summed E-state index contributed by atoms with van der Waals surface area (Å²) in [5.41, 5.74) is 9.09. The molecule has 0 aliphatic carbocycles. The molecule has 0 saturated heterocycles. The summed E-state index contributed by atoms with van der Waals surface area (Å²) in [6.07, 6.45) is 0.901. The normalized spacial score (nSPS) is 12.3. The molecular formula is C19H20ClN3O. The maximum Gasteiger partial charge on any atom is 0.125 e. The summed E-state index contributed by atoms with van der Waals surface area (Å²) in [5.74, 6) is 0.151. The number of hydrogen-bond donors (Lipinski definition) is 3. The highest BCUT2D eigenvalue weighted by atomic mass is 35.5. The first-order valence-electron chi connectivity index (χ1n) is 7.96. The highest BCUT2D eigenvalue weighted by Crippen LogP contribution is 2.34. The lowest BCUT2D eigenvalue weighted by Crippen LogP contribution is -2.28. The molecule has 1 heterocycles. The highest BCUT2D eigenvalue weighted by Gasteiger charge is 2.11. The first kappa shape index (κ1) is 16.6. The fraction of sp³-hybridized carbons (Fsp3) is 0.211. The van der Waals surface area contributed by atoms with Gasteiger partial charge in [-0.3, -0.25) is 0 Å². The molecule has 3 rings (SSSR count). The van der Waals surface area contributed by atoms with Gasteiger partial charge < -0.3 is 16.2 Å². The van der Waals surface area contributed by atoms with E-state index in [-0.39, 0.29) is 11.8 Å². The molecule has 2 aromatic carbocycles. The Morgan fingerprint density at radius 2 is 2.00 bits per heavy atom. The summed E-state index contributed by atoms with van der Waals surface area (Å²) in [6.45, 7) is 2.73. The minimum absolute atomic E-state index is 0.0833. The maximum absolute atomic E-state index is 10.2. The van der Waals surface area contributed by atoms with Gasteiger partial charge >= 0.3 is 0 Å². The fourth-order valence-corrected chi connectivity index (χ4v) is 2.73. The van der Waals surface area contributed by atoms with Crippen LogP contribution in [-0.4, -0.2) is 22.7 Å². The number of phenolic OH excluding ortho intramolecular Hbond substituents is 1. The van der Waals surface area contributed by atoms with E-state index in [1.807, 2.05) is 30.3 Å². The number of halogens is 1. The molecule has 0 aliphatic heterocycles. The van der Waals surface area contributed by atoms with E-state index in [0.29, 0.717) is 22.8 Å². The number of pyridine rings is 1. The van der Waals surface area contributed by atoms with Gasteiger partial charge in [0.25, 0.3) is 0 Å². The summed E-state index contributed by atoms with van der Waals surface area (Å²) >= 11 is 6.08. The highest BCUT2D eigenvalue weighted by molar-refractivity contribution is 6.31. The van der Waals surface area contributed by atoms with E-state index in [2.05, 4.69) is 17.2 Å². The second kappa shape index (κ2) is 7.07. The molecule has 0 saturated carbocycles. The number of fused-ring (bicyclic) bond motifs is 1. The number of phenols is 1. The van der Waals surface area contributed by atoms with E-state index >= 15 is 0 Å². The van der Waals surface area contributed by atoms with Gasteiger partial charge in [0.2, 0.25) is 0 Å². The smallest absolute Gasteiger partial charge is 0.125 e. The van der Waals surface area contributed by atoms with Crippen LogP contribution >= 0.6 is 11.6 Å². The Bertz CT molecular complexity index is 866. The standard InChI is InChI=1S/C19H20ClN3O/c1-2-13(21)11-22-17-10-18(15-9-12(20)7-8-19(15)24)23-16-6-4-3-5-14(16)17/h3-10,13,24H,2,11,21H2,1H3,(H,22,23)/t13-/m0/s1. The molecule has 3 aromatic rings. The lowest BCUT2D eigenvalue weighted by Gasteiger charge is -2.15. The van der Waals surface area contributed by atoms with Crippen LogP contribution in [0.25, 0.3) is 22.2 Å². The van der Waals surface area contributed by atoms with Gasteiger partial charge in [-0.1, -0.05) is 36.7 Å². The molecular weight excluding hydrogens is 322 g/mol. The van der Waals surface area contributed by atoms with Gasteiger partial charge in [-0.15, -0.1) is 0 Å². The largest absolute Gasteiger partial charge is 0.507 e. The molecule has 0 unspecified atom stereocenters. The average molecular weight is 342 g/mol. The lowest BCUT2D eigenvalue weighted by molar-refractivity contribution is 0.477. The molecule has 4 N–H and O–H groups in total. The van der Waals surface area contributed by atoms with Crippen molar-refractivity contribution in [2.24, 2.45) is 5.73 Å². The third-order valence-corrected chi connectivity index (χ3v) is 4.26. The van der Waals surface area contributed by atoms with Crippen molar-refractivity contribution in [2.45, 2.75) is 19.4 Å². The number of anilines is 1. The van der Waals surface area contributed by atoms with Crippen molar-refractivity contribution in [1.82, 2.24) is 4.98 Å². The number of benzene rings is 2. The number of rotatable bonds is 5. The third kappa shape index (κ3) is 3.45. The average Bonchev–Trinajstić information content (AvgIpc) is 2.61. The van der Waals surface area contributed by atoms with Crippen LogP contribution < -0.4 is 11.1 Å². The number of nitrogens with two attached hydrogens (primary N) is 1. The molecule has 0 amide bonds. The van der Waals surface area contributed by atoms with E-state index < -0.39 is 0 Å². The molecule has 1 atom stereocenters. The van der Waals surface area contributed by atoms with Crippen LogP contribution in [0.1, 0.15) is 13.3 Å². The van der Waals surface area contributed by atoms with Gasteiger partial charge in [-0.05, 0) is 36.8 Å². The van der Waals surface area contributed by atoms with E-state index in [9.17, 15) is 5.11 Å². The second-order valence-electron chi connectivity index (χ2n) is 5.78. The van der Waals surface area contributed by atoms with Crippen molar-refractivity contribution in [1.29, 1.82) is 0 Å². The predicted octanol–water partition coefficient (Wildman–Crippen LogP) is 4.41. The number of nitrogens with zero attached hydrogens (tertiary/aromatic N) is 1. The van der Waals surface area contributed by atoms with E-state index in [1.54, 1.807) is 18.2 Å². The Hall–Kier alpha value is -2.30. The van der Waals surface area contributed by atoms with Crippen LogP contribution in [0.3, 0.4) is 0 Å². The Labute approximate surface area is 146 Å². The van der Waals surface area contributed by atoms with Crippen molar-refractivity contribution in [3.63, 3.8) is 0 Å². The lowest BCUT2D eigenvalue weighted by atomic mass is 10.1. The fourth-order valence-electron chi connectivity index (χ4n) is 2.56. The maximum atomic E-state index is 10.2. The number of hydrogen-bond acceptors (Lipinski definition) is 4. The SMILES string of the molecule is CC[C@H](N)CNc1cc(-c2cc(Cl)ccc2O)nc2ccccc12. The van der Waals surface area contributed by atoms with E-state index in [0.717, 1.165) is 23.0 Å². The molecule has 0 bridgehead atoms. The molecule has 124 valence electrons. The van der Waals surface area contributed by atoms with Crippen LogP contribution in [0, 0.1) is 0 Å². The molecule has 0 spiro atoms. The van der Waals surface area contributed by atoms with Gasteiger partial charge in [0.1, 0.15) is 5.75 Å². The summed E-state index contributed by atoms with van der Waals surface area (Å²) in [6, 6.07) is 14.8. The number of para-hydroxylation sites is 1.